The zero-order valence-electron chi connectivity index (χ0n) is 12.8. The first kappa shape index (κ1) is 18.0. The second-order valence-corrected chi connectivity index (χ2v) is 5.01. The van der Waals surface area contributed by atoms with Crippen LogP contribution in [0.4, 0.5) is 0 Å². The molecule has 1 fully saturated rings. The lowest BCUT2D eigenvalue weighted by Gasteiger charge is -2.13. The Hall–Kier alpha value is -1.05. The van der Waals surface area contributed by atoms with Crippen LogP contribution >= 0.6 is 24.0 Å². The van der Waals surface area contributed by atoms with Gasteiger partial charge < -0.3 is 15.4 Å². The van der Waals surface area contributed by atoms with Crippen LogP contribution in [-0.4, -0.2) is 30.6 Å². The van der Waals surface area contributed by atoms with Crippen molar-refractivity contribution in [2.24, 2.45) is 4.99 Å². The number of nitrogens with zero attached hydrogens (tertiary/aromatic N) is 2. The average molecular weight is 404 g/mol. The average Bonchev–Trinajstić information content (AvgIpc) is 3.29. The number of aliphatic imine (C=N–C) groups is 1. The van der Waals surface area contributed by atoms with Crippen LogP contribution in [-0.2, 0) is 6.54 Å². The van der Waals surface area contributed by atoms with Gasteiger partial charge in [0.05, 0.1) is 6.61 Å². The first-order chi connectivity index (χ1) is 9.83. The van der Waals surface area contributed by atoms with Crippen LogP contribution in [0.15, 0.2) is 23.3 Å². The monoisotopic (exact) mass is 404 g/mol. The molecule has 1 heterocycles. The van der Waals surface area contributed by atoms with E-state index in [0.29, 0.717) is 12.6 Å². The van der Waals surface area contributed by atoms with E-state index >= 15 is 0 Å². The highest BCUT2D eigenvalue weighted by Gasteiger charge is 2.22. The summed E-state index contributed by atoms with van der Waals surface area (Å²) in [6, 6.07) is 4.56. The van der Waals surface area contributed by atoms with E-state index in [1.807, 2.05) is 12.1 Å². The number of aromatic nitrogens is 1. The fourth-order valence-electron chi connectivity index (χ4n) is 1.80. The molecule has 2 rings (SSSR count). The summed E-state index contributed by atoms with van der Waals surface area (Å²) >= 11 is 0. The van der Waals surface area contributed by atoms with Crippen LogP contribution in [0.1, 0.15) is 38.2 Å². The molecular formula is C15H25IN4O. The number of rotatable bonds is 7. The Balaban J connectivity index is 0.00000220. The first-order valence-corrected chi connectivity index (χ1v) is 7.37. The van der Waals surface area contributed by atoms with Gasteiger partial charge in [0.1, 0.15) is 0 Å². The van der Waals surface area contributed by atoms with Gasteiger partial charge in [-0.25, -0.2) is 4.98 Å². The van der Waals surface area contributed by atoms with Gasteiger partial charge >= 0.3 is 0 Å². The molecule has 1 aliphatic rings. The van der Waals surface area contributed by atoms with E-state index in [1.54, 1.807) is 13.2 Å². The normalized spacial score (nSPS) is 14.3. The molecule has 1 saturated carbocycles. The topological polar surface area (TPSA) is 58.5 Å². The Kier molecular flexibility index (Phi) is 8.41. The number of halogens is 1. The van der Waals surface area contributed by atoms with Crippen LogP contribution in [0, 0.1) is 0 Å². The number of hydrogen-bond acceptors (Lipinski definition) is 3. The van der Waals surface area contributed by atoms with Crippen molar-refractivity contribution in [3.05, 3.63) is 23.9 Å². The Labute approximate surface area is 144 Å². The van der Waals surface area contributed by atoms with Crippen molar-refractivity contribution in [3.63, 3.8) is 0 Å². The number of ether oxygens (including phenoxy) is 1. The van der Waals surface area contributed by atoms with E-state index in [1.165, 1.54) is 12.8 Å². The fourth-order valence-corrected chi connectivity index (χ4v) is 1.80. The van der Waals surface area contributed by atoms with Crippen LogP contribution in [0.5, 0.6) is 5.88 Å². The lowest BCUT2D eigenvalue weighted by atomic mass is 10.2. The van der Waals surface area contributed by atoms with Crippen molar-refractivity contribution >= 4 is 29.9 Å². The van der Waals surface area contributed by atoms with Gasteiger partial charge in [0.15, 0.2) is 5.96 Å². The van der Waals surface area contributed by atoms with Crippen molar-refractivity contribution in [1.29, 1.82) is 0 Å². The second kappa shape index (κ2) is 9.81. The van der Waals surface area contributed by atoms with Gasteiger partial charge in [0.2, 0.25) is 5.88 Å². The quantitative estimate of drug-likeness (QED) is 0.318. The lowest BCUT2D eigenvalue weighted by molar-refractivity contribution is 0.294. The molecule has 0 spiro atoms. The summed E-state index contributed by atoms with van der Waals surface area (Å²) in [5.74, 6) is 1.56. The standard InChI is InChI=1S/C15H24N4O.HI/c1-3-4-10-20-14-12(6-5-9-17-14)11-18-15(16-2)19-13-7-8-13;/h5-6,9,13H,3-4,7-8,10-11H2,1-2H3,(H2,16,18,19);1H. The van der Waals surface area contributed by atoms with Crippen LogP contribution in [0.2, 0.25) is 0 Å². The summed E-state index contributed by atoms with van der Waals surface area (Å²) in [7, 11) is 1.79. The third-order valence-electron chi connectivity index (χ3n) is 3.17. The van der Waals surface area contributed by atoms with Crippen LogP contribution in [0.3, 0.4) is 0 Å². The molecule has 5 nitrogen and oxygen atoms in total. The van der Waals surface area contributed by atoms with E-state index in [0.717, 1.165) is 36.9 Å². The Bertz CT molecular complexity index is 449. The third kappa shape index (κ3) is 6.50. The molecule has 0 aromatic carbocycles. The Morgan fingerprint density at radius 3 is 2.95 bits per heavy atom. The number of pyridine rings is 1. The Morgan fingerprint density at radius 1 is 1.48 bits per heavy atom. The summed E-state index contributed by atoms with van der Waals surface area (Å²) in [5, 5.41) is 6.67. The van der Waals surface area contributed by atoms with Crippen molar-refractivity contribution in [3.8, 4) is 5.88 Å². The molecule has 6 heteroatoms. The highest BCUT2D eigenvalue weighted by Crippen LogP contribution is 2.18. The molecule has 0 atom stereocenters. The van der Waals surface area contributed by atoms with Gasteiger partial charge in [-0.15, -0.1) is 24.0 Å². The van der Waals surface area contributed by atoms with E-state index in [2.05, 4.69) is 27.5 Å². The molecule has 21 heavy (non-hydrogen) atoms. The zero-order valence-corrected chi connectivity index (χ0v) is 15.1. The summed E-state index contributed by atoms with van der Waals surface area (Å²) in [6.07, 6.45) is 6.41. The maximum atomic E-state index is 5.73. The van der Waals surface area contributed by atoms with Crippen LogP contribution in [0.25, 0.3) is 0 Å². The lowest BCUT2D eigenvalue weighted by Crippen LogP contribution is -2.38. The molecule has 118 valence electrons. The largest absolute Gasteiger partial charge is 0.477 e. The molecule has 1 aromatic rings. The van der Waals surface area contributed by atoms with Crippen molar-refractivity contribution in [2.75, 3.05) is 13.7 Å². The third-order valence-corrected chi connectivity index (χ3v) is 3.17. The van der Waals surface area contributed by atoms with Crippen LogP contribution < -0.4 is 15.4 Å². The summed E-state index contributed by atoms with van der Waals surface area (Å²) in [6.45, 7) is 3.54. The molecule has 0 saturated heterocycles. The van der Waals surface area contributed by atoms with E-state index in [-0.39, 0.29) is 24.0 Å². The fraction of sp³-hybridized carbons (Fsp3) is 0.600. The van der Waals surface area contributed by atoms with E-state index in [9.17, 15) is 0 Å². The second-order valence-electron chi connectivity index (χ2n) is 5.01. The number of hydrogen-bond donors (Lipinski definition) is 2. The minimum atomic E-state index is 0. The minimum Gasteiger partial charge on any atom is -0.477 e. The molecule has 0 unspecified atom stereocenters. The molecular weight excluding hydrogens is 379 g/mol. The molecule has 2 N–H and O–H groups in total. The number of unbranched alkanes of at least 4 members (excludes halogenated alkanes) is 1. The maximum Gasteiger partial charge on any atom is 0.218 e. The van der Waals surface area contributed by atoms with Gasteiger partial charge in [-0.05, 0) is 25.3 Å². The zero-order chi connectivity index (χ0) is 14.2. The predicted octanol–water partition coefficient (Wildman–Crippen LogP) is 2.71. The molecule has 1 aliphatic carbocycles. The first-order valence-electron chi connectivity index (χ1n) is 7.37. The summed E-state index contributed by atoms with van der Waals surface area (Å²) in [4.78, 5) is 8.53. The van der Waals surface area contributed by atoms with Crippen molar-refractivity contribution in [2.45, 2.75) is 45.2 Å². The van der Waals surface area contributed by atoms with Crippen molar-refractivity contribution in [1.82, 2.24) is 15.6 Å². The number of nitrogens with one attached hydrogen (secondary N) is 2. The van der Waals surface area contributed by atoms with Gasteiger partial charge in [0, 0.05) is 31.4 Å². The van der Waals surface area contributed by atoms with Gasteiger partial charge in [0.25, 0.3) is 0 Å². The maximum absolute atomic E-state index is 5.73. The molecule has 0 radical (unpaired) electrons. The van der Waals surface area contributed by atoms with Gasteiger partial charge in [-0.1, -0.05) is 19.4 Å². The van der Waals surface area contributed by atoms with E-state index < -0.39 is 0 Å². The molecule has 0 aliphatic heterocycles. The highest BCUT2D eigenvalue weighted by molar-refractivity contribution is 14.0. The predicted molar refractivity (Wildman–Crippen MR) is 96.4 cm³/mol. The molecule has 0 bridgehead atoms. The van der Waals surface area contributed by atoms with Gasteiger partial charge in [-0.2, -0.15) is 0 Å². The van der Waals surface area contributed by atoms with E-state index in [4.69, 9.17) is 4.74 Å². The van der Waals surface area contributed by atoms with Crippen molar-refractivity contribution < 1.29 is 4.74 Å². The summed E-state index contributed by atoms with van der Waals surface area (Å²) in [5.41, 5.74) is 1.06. The molecule has 0 amide bonds. The Morgan fingerprint density at radius 2 is 2.29 bits per heavy atom. The molecule has 1 aromatic heterocycles. The minimum absolute atomic E-state index is 0. The number of guanidine groups is 1. The SMILES string of the molecule is CCCCOc1ncccc1CNC(=NC)NC1CC1.I. The smallest absolute Gasteiger partial charge is 0.218 e. The highest BCUT2D eigenvalue weighted by atomic mass is 127. The summed E-state index contributed by atoms with van der Waals surface area (Å²) < 4.78 is 5.73. The van der Waals surface area contributed by atoms with Gasteiger partial charge in [-0.3, -0.25) is 4.99 Å².